The third kappa shape index (κ3) is 2.31. The predicted octanol–water partition coefficient (Wildman–Crippen LogP) is 3.94. The fourth-order valence-corrected chi connectivity index (χ4v) is 2.70. The Hall–Kier alpha value is -1.23. The van der Waals surface area contributed by atoms with Crippen molar-refractivity contribution in [2.24, 2.45) is 0 Å². The molecule has 0 radical (unpaired) electrons. The van der Waals surface area contributed by atoms with Crippen molar-refractivity contribution >= 4 is 33.5 Å². The Balaban J connectivity index is 2.57. The number of carbonyl (C=O) groups excluding carboxylic acids is 1. The smallest absolute Gasteiger partial charge is 0.336 e. The van der Waals surface area contributed by atoms with Crippen LogP contribution < -0.4 is 4.90 Å². The van der Waals surface area contributed by atoms with Gasteiger partial charge in [-0.25, -0.2) is 0 Å². The van der Waals surface area contributed by atoms with Crippen molar-refractivity contribution in [3.05, 3.63) is 33.8 Å². The number of alkyl halides is 2. The van der Waals surface area contributed by atoms with Gasteiger partial charge in [0.1, 0.15) is 0 Å². The van der Waals surface area contributed by atoms with Crippen LogP contribution in [0.4, 0.5) is 14.5 Å². The molecule has 1 aromatic rings. The SMILES string of the molecule is CCN(CC)c1ccc2c(c1)C(F)(F)C(=O)C(Br)=C2. The van der Waals surface area contributed by atoms with Gasteiger partial charge in [-0.15, -0.1) is 0 Å². The van der Waals surface area contributed by atoms with Crippen molar-refractivity contribution in [3.8, 4) is 0 Å². The van der Waals surface area contributed by atoms with Gasteiger partial charge >= 0.3 is 5.92 Å². The highest BCUT2D eigenvalue weighted by molar-refractivity contribution is 9.12. The summed E-state index contributed by atoms with van der Waals surface area (Å²) >= 11 is 2.90. The Kier molecular flexibility index (Phi) is 3.76. The van der Waals surface area contributed by atoms with Crippen LogP contribution in [0.25, 0.3) is 6.08 Å². The Morgan fingerprint density at radius 2 is 1.89 bits per heavy atom. The van der Waals surface area contributed by atoms with Crippen LogP contribution in [0.15, 0.2) is 22.7 Å². The number of anilines is 1. The summed E-state index contributed by atoms with van der Waals surface area (Å²) in [7, 11) is 0. The first kappa shape index (κ1) is 14.2. The molecule has 2 nitrogen and oxygen atoms in total. The average Bonchev–Trinajstić information content (AvgIpc) is 2.39. The van der Waals surface area contributed by atoms with Gasteiger partial charge in [0, 0.05) is 24.3 Å². The van der Waals surface area contributed by atoms with Crippen molar-refractivity contribution in [1.29, 1.82) is 0 Å². The number of rotatable bonds is 3. The van der Waals surface area contributed by atoms with Gasteiger partial charge in [-0.1, -0.05) is 6.07 Å². The summed E-state index contributed by atoms with van der Waals surface area (Å²) in [4.78, 5) is 13.5. The Bertz CT molecular complexity index is 550. The molecule has 0 spiro atoms. The lowest BCUT2D eigenvalue weighted by atomic mass is 9.92. The zero-order valence-electron chi connectivity index (χ0n) is 10.7. The van der Waals surface area contributed by atoms with Gasteiger partial charge in [-0.2, -0.15) is 8.78 Å². The second-order valence-corrected chi connectivity index (χ2v) is 5.19. The summed E-state index contributed by atoms with van der Waals surface area (Å²) in [6, 6.07) is 4.84. The molecular formula is C14H14BrF2NO. The van der Waals surface area contributed by atoms with E-state index in [-0.39, 0.29) is 10.0 Å². The second kappa shape index (κ2) is 5.04. The molecule has 0 aliphatic heterocycles. The largest absolute Gasteiger partial charge is 0.372 e. The molecule has 1 aliphatic rings. The number of hydrogen-bond donors (Lipinski definition) is 0. The number of halogens is 3. The highest BCUT2D eigenvalue weighted by atomic mass is 79.9. The summed E-state index contributed by atoms with van der Waals surface area (Å²) in [6.45, 7) is 5.38. The molecule has 1 aromatic carbocycles. The van der Waals surface area contributed by atoms with E-state index >= 15 is 0 Å². The van der Waals surface area contributed by atoms with Crippen molar-refractivity contribution in [2.45, 2.75) is 19.8 Å². The number of fused-ring (bicyclic) bond motifs is 1. The Morgan fingerprint density at radius 1 is 1.26 bits per heavy atom. The molecule has 0 unspecified atom stereocenters. The Labute approximate surface area is 119 Å². The molecule has 0 aromatic heterocycles. The lowest BCUT2D eigenvalue weighted by Gasteiger charge is -2.26. The van der Waals surface area contributed by atoms with Crippen molar-refractivity contribution in [3.63, 3.8) is 0 Å². The summed E-state index contributed by atoms with van der Waals surface area (Å²) in [6.07, 6.45) is 1.45. The van der Waals surface area contributed by atoms with Crippen LogP contribution in [-0.4, -0.2) is 18.9 Å². The summed E-state index contributed by atoms with van der Waals surface area (Å²) in [5, 5.41) is 0. The molecule has 0 bridgehead atoms. The molecule has 2 rings (SSSR count). The topological polar surface area (TPSA) is 20.3 Å². The number of carbonyl (C=O) groups is 1. The van der Waals surface area contributed by atoms with Crippen LogP contribution >= 0.6 is 15.9 Å². The van der Waals surface area contributed by atoms with Gasteiger partial charge in [0.25, 0.3) is 0 Å². The minimum Gasteiger partial charge on any atom is -0.372 e. The van der Waals surface area contributed by atoms with Crippen LogP contribution in [0.5, 0.6) is 0 Å². The van der Waals surface area contributed by atoms with E-state index in [0.717, 1.165) is 13.1 Å². The van der Waals surface area contributed by atoms with Gasteiger partial charge < -0.3 is 4.90 Å². The third-order valence-electron chi connectivity index (χ3n) is 3.29. The summed E-state index contributed by atoms with van der Waals surface area (Å²) in [5.74, 6) is -4.65. The first-order valence-electron chi connectivity index (χ1n) is 6.11. The van der Waals surface area contributed by atoms with Crippen LogP contribution in [0.3, 0.4) is 0 Å². The van der Waals surface area contributed by atoms with E-state index in [1.165, 1.54) is 12.1 Å². The molecule has 0 heterocycles. The molecule has 5 heteroatoms. The maximum absolute atomic E-state index is 14.1. The molecule has 0 amide bonds. The maximum Gasteiger partial charge on any atom is 0.336 e. The van der Waals surface area contributed by atoms with E-state index < -0.39 is 11.7 Å². The number of benzene rings is 1. The van der Waals surface area contributed by atoms with Crippen molar-refractivity contribution in [2.75, 3.05) is 18.0 Å². The molecule has 1 aliphatic carbocycles. The van der Waals surface area contributed by atoms with Gasteiger partial charge in [0.15, 0.2) is 0 Å². The van der Waals surface area contributed by atoms with E-state index in [2.05, 4.69) is 15.9 Å². The number of Topliss-reactive ketones (excluding diaryl/α,β-unsaturated/α-hetero) is 1. The van der Waals surface area contributed by atoms with Crippen molar-refractivity contribution in [1.82, 2.24) is 0 Å². The first-order valence-corrected chi connectivity index (χ1v) is 6.90. The lowest BCUT2D eigenvalue weighted by molar-refractivity contribution is -0.139. The Morgan fingerprint density at radius 3 is 2.47 bits per heavy atom. The molecule has 102 valence electrons. The first-order chi connectivity index (χ1) is 8.91. The average molecular weight is 330 g/mol. The highest BCUT2D eigenvalue weighted by Gasteiger charge is 2.46. The van der Waals surface area contributed by atoms with Gasteiger partial charge in [-0.3, -0.25) is 4.79 Å². The summed E-state index contributed by atoms with van der Waals surface area (Å²) < 4.78 is 28.0. The van der Waals surface area contributed by atoms with Gasteiger partial charge in [0.05, 0.1) is 4.48 Å². The van der Waals surface area contributed by atoms with Crippen LogP contribution in [0, 0.1) is 0 Å². The van der Waals surface area contributed by atoms with E-state index in [9.17, 15) is 13.6 Å². The normalized spacial score (nSPS) is 16.9. The molecule has 0 N–H and O–H groups in total. The van der Waals surface area contributed by atoms with E-state index in [1.807, 2.05) is 18.7 Å². The number of nitrogens with zero attached hydrogens (tertiary/aromatic N) is 1. The van der Waals surface area contributed by atoms with E-state index in [4.69, 9.17) is 0 Å². The van der Waals surface area contributed by atoms with Crippen LogP contribution in [-0.2, 0) is 10.7 Å². The molecule has 0 fully saturated rings. The minimum absolute atomic E-state index is 0.0828. The fraction of sp³-hybridized carbons (Fsp3) is 0.357. The molecule has 19 heavy (non-hydrogen) atoms. The zero-order chi connectivity index (χ0) is 14.2. The zero-order valence-corrected chi connectivity index (χ0v) is 12.3. The molecule has 0 saturated heterocycles. The quantitative estimate of drug-likeness (QED) is 0.837. The second-order valence-electron chi connectivity index (χ2n) is 4.34. The minimum atomic E-state index is -3.47. The van der Waals surface area contributed by atoms with Crippen molar-refractivity contribution < 1.29 is 13.6 Å². The maximum atomic E-state index is 14.1. The van der Waals surface area contributed by atoms with Gasteiger partial charge in [-0.05, 0) is 53.5 Å². The fourth-order valence-electron chi connectivity index (χ4n) is 2.20. The molecule has 0 atom stereocenters. The van der Waals surface area contributed by atoms with E-state index in [1.54, 1.807) is 12.1 Å². The summed E-state index contributed by atoms with van der Waals surface area (Å²) in [5.41, 5.74) is 0.875. The third-order valence-corrected chi connectivity index (χ3v) is 3.88. The van der Waals surface area contributed by atoms with E-state index in [0.29, 0.717) is 11.3 Å². The van der Waals surface area contributed by atoms with Crippen LogP contribution in [0.2, 0.25) is 0 Å². The monoisotopic (exact) mass is 329 g/mol. The van der Waals surface area contributed by atoms with Gasteiger partial charge in [0.2, 0.25) is 5.78 Å². The lowest BCUT2D eigenvalue weighted by Crippen LogP contribution is -2.30. The predicted molar refractivity (Wildman–Crippen MR) is 75.8 cm³/mol. The standard InChI is InChI=1S/C14H14BrF2NO/c1-3-18(4-2)10-6-5-9-7-12(15)13(19)14(16,17)11(9)8-10/h5-8H,3-4H2,1-2H3. The number of ketones is 1. The molecular weight excluding hydrogens is 316 g/mol. The van der Waals surface area contributed by atoms with Crippen LogP contribution in [0.1, 0.15) is 25.0 Å². The highest BCUT2D eigenvalue weighted by Crippen LogP contribution is 2.42. The molecule has 0 saturated carbocycles. The number of hydrogen-bond acceptors (Lipinski definition) is 2. The number of allylic oxidation sites excluding steroid dienone is 1.